The molecule has 1 aromatic heterocycles. The summed E-state index contributed by atoms with van der Waals surface area (Å²) in [5, 5.41) is 10.1. The van der Waals surface area contributed by atoms with Gasteiger partial charge in [0.25, 0.3) is 5.91 Å². The monoisotopic (exact) mass is 224 g/mol. The topological polar surface area (TPSA) is 90.1 Å². The Morgan fingerprint density at radius 3 is 2.88 bits per heavy atom. The molecule has 0 aliphatic heterocycles. The van der Waals surface area contributed by atoms with Crippen LogP contribution in [0.5, 0.6) is 0 Å². The van der Waals surface area contributed by atoms with Crippen LogP contribution in [0.3, 0.4) is 0 Å². The highest BCUT2D eigenvalue weighted by Crippen LogP contribution is 1.99. The largest absolute Gasteiger partial charge is 0.385 e. The van der Waals surface area contributed by atoms with Crippen LogP contribution in [0.15, 0.2) is 12.1 Å². The van der Waals surface area contributed by atoms with Gasteiger partial charge < -0.3 is 15.8 Å². The summed E-state index contributed by atoms with van der Waals surface area (Å²) < 4.78 is 4.92. The number of aromatic nitrogens is 2. The van der Waals surface area contributed by atoms with E-state index in [1.165, 1.54) is 0 Å². The van der Waals surface area contributed by atoms with Crippen LogP contribution in [0.4, 0.5) is 5.82 Å². The van der Waals surface area contributed by atoms with Crippen molar-refractivity contribution in [3.8, 4) is 0 Å². The lowest BCUT2D eigenvalue weighted by Gasteiger charge is -2.12. The summed E-state index contributed by atoms with van der Waals surface area (Å²) >= 11 is 0. The van der Waals surface area contributed by atoms with Crippen molar-refractivity contribution >= 4 is 11.7 Å². The molecule has 1 heterocycles. The minimum atomic E-state index is -0.254. The Morgan fingerprint density at radius 2 is 2.31 bits per heavy atom. The van der Waals surface area contributed by atoms with E-state index >= 15 is 0 Å². The number of methoxy groups -OCH3 is 1. The molecule has 1 amide bonds. The first-order valence-corrected chi connectivity index (χ1v) is 5.02. The molecule has 0 radical (unpaired) electrons. The average Bonchev–Trinajstić information content (AvgIpc) is 2.27. The number of amides is 1. The van der Waals surface area contributed by atoms with Crippen molar-refractivity contribution in [1.82, 2.24) is 15.5 Å². The van der Waals surface area contributed by atoms with E-state index in [1.54, 1.807) is 19.2 Å². The summed E-state index contributed by atoms with van der Waals surface area (Å²) in [4.78, 5) is 11.6. The Labute approximate surface area is 94.2 Å². The van der Waals surface area contributed by atoms with Gasteiger partial charge in [0, 0.05) is 19.8 Å². The number of ether oxygens (including phenoxy) is 1. The van der Waals surface area contributed by atoms with Gasteiger partial charge in [-0.1, -0.05) is 0 Å². The first-order valence-electron chi connectivity index (χ1n) is 5.02. The highest BCUT2D eigenvalue weighted by molar-refractivity contribution is 5.92. The zero-order valence-corrected chi connectivity index (χ0v) is 9.43. The van der Waals surface area contributed by atoms with Crippen LogP contribution in [0.2, 0.25) is 0 Å². The molecule has 0 spiro atoms. The molecule has 0 saturated carbocycles. The maximum atomic E-state index is 11.6. The molecule has 3 N–H and O–H groups in total. The van der Waals surface area contributed by atoms with Crippen LogP contribution < -0.4 is 11.1 Å². The lowest BCUT2D eigenvalue weighted by atomic mass is 10.2. The van der Waals surface area contributed by atoms with Crippen LogP contribution in [0.25, 0.3) is 0 Å². The molecule has 0 bridgehead atoms. The molecule has 88 valence electrons. The van der Waals surface area contributed by atoms with Gasteiger partial charge in [0.05, 0.1) is 0 Å². The Morgan fingerprint density at radius 1 is 1.56 bits per heavy atom. The fraction of sp³-hybridized carbons (Fsp3) is 0.500. The van der Waals surface area contributed by atoms with Crippen molar-refractivity contribution in [2.45, 2.75) is 19.4 Å². The van der Waals surface area contributed by atoms with E-state index in [-0.39, 0.29) is 17.6 Å². The van der Waals surface area contributed by atoms with E-state index in [1.807, 2.05) is 6.92 Å². The molecule has 0 saturated heterocycles. The lowest BCUT2D eigenvalue weighted by molar-refractivity contribution is 0.0923. The third-order valence-electron chi connectivity index (χ3n) is 2.05. The molecule has 1 aromatic rings. The standard InChI is InChI=1S/C10H16N4O2/c1-7(5-6-16-2)12-10(15)8-3-4-9(11)14-13-8/h3-4,7H,5-6H2,1-2H3,(H2,11,14)(H,12,15). The minimum absolute atomic E-state index is 0.0341. The average molecular weight is 224 g/mol. The first kappa shape index (κ1) is 12.4. The predicted molar refractivity (Wildman–Crippen MR) is 59.9 cm³/mol. The van der Waals surface area contributed by atoms with E-state index in [0.717, 1.165) is 6.42 Å². The molecule has 1 atom stereocenters. The van der Waals surface area contributed by atoms with E-state index in [0.29, 0.717) is 12.4 Å². The van der Waals surface area contributed by atoms with Crippen LogP contribution in [-0.2, 0) is 4.74 Å². The number of hydrogen-bond acceptors (Lipinski definition) is 5. The van der Waals surface area contributed by atoms with Crippen molar-refractivity contribution < 1.29 is 9.53 Å². The van der Waals surface area contributed by atoms with Crippen molar-refractivity contribution in [2.75, 3.05) is 19.5 Å². The van der Waals surface area contributed by atoms with E-state index < -0.39 is 0 Å². The van der Waals surface area contributed by atoms with Crippen molar-refractivity contribution in [2.24, 2.45) is 0 Å². The number of anilines is 1. The predicted octanol–water partition coefficient (Wildman–Crippen LogP) is 0.214. The molecule has 0 fully saturated rings. The summed E-state index contributed by atoms with van der Waals surface area (Å²) in [6.45, 7) is 2.51. The zero-order valence-electron chi connectivity index (χ0n) is 9.43. The molecule has 1 unspecified atom stereocenters. The van der Waals surface area contributed by atoms with Gasteiger partial charge in [0.2, 0.25) is 0 Å². The second-order valence-corrected chi connectivity index (χ2v) is 3.50. The van der Waals surface area contributed by atoms with Crippen molar-refractivity contribution in [1.29, 1.82) is 0 Å². The fourth-order valence-electron chi connectivity index (χ4n) is 1.13. The number of nitrogens with two attached hydrogens (primary N) is 1. The molecule has 16 heavy (non-hydrogen) atoms. The Bertz CT molecular complexity index is 339. The highest BCUT2D eigenvalue weighted by Gasteiger charge is 2.10. The normalized spacial score (nSPS) is 12.1. The molecular weight excluding hydrogens is 208 g/mol. The zero-order chi connectivity index (χ0) is 12.0. The minimum Gasteiger partial charge on any atom is -0.385 e. The molecular formula is C10H16N4O2. The van der Waals surface area contributed by atoms with Crippen LogP contribution >= 0.6 is 0 Å². The molecule has 0 aliphatic rings. The van der Waals surface area contributed by atoms with Gasteiger partial charge in [-0.2, -0.15) is 0 Å². The van der Waals surface area contributed by atoms with Gasteiger partial charge in [0.1, 0.15) is 5.82 Å². The number of rotatable bonds is 5. The molecule has 6 heteroatoms. The number of hydrogen-bond donors (Lipinski definition) is 2. The Hall–Kier alpha value is -1.69. The smallest absolute Gasteiger partial charge is 0.272 e. The third kappa shape index (κ3) is 3.82. The summed E-state index contributed by atoms with van der Waals surface area (Å²) in [7, 11) is 1.62. The van der Waals surface area contributed by atoms with Gasteiger partial charge >= 0.3 is 0 Å². The van der Waals surface area contributed by atoms with Crippen molar-refractivity contribution in [3.05, 3.63) is 17.8 Å². The van der Waals surface area contributed by atoms with Gasteiger partial charge in [0.15, 0.2) is 5.69 Å². The fourth-order valence-corrected chi connectivity index (χ4v) is 1.13. The molecule has 1 rings (SSSR count). The summed E-state index contributed by atoms with van der Waals surface area (Å²) in [6, 6.07) is 3.12. The van der Waals surface area contributed by atoms with Crippen LogP contribution in [0, 0.1) is 0 Å². The van der Waals surface area contributed by atoms with Gasteiger partial charge in [-0.25, -0.2) is 0 Å². The Balaban J connectivity index is 2.48. The molecule has 6 nitrogen and oxygen atoms in total. The number of nitrogens with zero attached hydrogens (tertiary/aromatic N) is 2. The first-order chi connectivity index (χ1) is 7.63. The SMILES string of the molecule is COCCC(C)NC(=O)c1ccc(N)nn1. The maximum Gasteiger partial charge on any atom is 0.272 e. The summed E-state index contributed by atoms with van der Waals surface area (Å²) in [5.41, 5.74) is 5.63. The number of carbonyl (C=O) groups excluding carboxylic acids is 1. The van der Waals surface area contributed by atoms with Gasteiger partial charge in [-0.15, -0.1) is 10.2 Å². The number of nitrogens with one attached hydrogen (secondary N) is 1. The number of carbonyl (C=O) groups is 1. The highest BCUT2D eigenvalue weighted by atomic mass is 16.5. The van der Waals surface area contributed by atoms with Crippen LogP contribution in [0.1, 0.15) is 23.8 Å². The second-order valence-electron chi connectivity index (χ2n) is 3.50. The second kappa shape index (κ2) is 6.02. The third-order valence-corrected chi connectivity index (χ3v) is 2.05. The summed E-state index contributed by atoms with van der Waals surface area (Å²) in [5.74, 6) is 0.0417. The van der Waals surface area contributed by atoms with Crippen LogP contribution in [-0.4, -0.2) is 35.9 Å². The van der Waals surface area contributed by atoms with E-state index in [4.69, 9.17) is 10.5 Å². The maximum absolute atomic E-state index is 11.6. The van der Waals surface area contributed by atoms with Gasteiger partial charge in [-0.05, 0) is 25.5 Å². The van der Waals surface area contributed by atoms with Crippen molar-refractivity contribution in [3.63, 3.8) is 0 Å². The quantitative estimate of drug-likeness (QED) is 0.746. The molecule has 0 aliphatic carbocycles. The molecule has 0 aromatic carbocycles. The number of nitrogen functional groups attached to an aromatic ring is 1. The lowest BCUT2D eigenvalue weighted by Crippen LogP contribution is -2.34. The van der Waals surface area contributed by atoms with E-state index in [9.17, 15) is 4.79 Å². The summed E-state index contributed by atoms with van der Waals surface area (Å²) in [6.07, 6.45) is 0.755. The Kier molecular flexibility index (Phi) is 4.65. The van der Waals surface area contributed by atoms with E-state index in [2.05, 4.69) is 15.5 Å². The van der Waals surface area contributed by atoms with Gasteiger partial charge in [-0.3, -0.25) is 4.79 Å².